The van der Waals surface area contributed by atoms with Gasteiger partial charge >= 0.3 is 6.18 Å². The first-order chi connectivity index (χ1) is 13.2. The summed E-state index contributed by atoms with van der Waals surface area (Å²) in [6.07, 6.45) is -4.48. The minimum Gasteiger partial charge on any atom is -0.340 e. The molecule has 0 saturated heterocycles. The van der Waals surface area contributed by atoms with Gasteiger partial charge in [-0.05, 0) is 50.2 Å². The number of nitrogens with zero attached hydrogens (tertiary/aromatic N) is 2. The number of para-hydroxylation sites is 1. The largest absolute Gasteiger partial charge is 0.418 e. The van der Waals surface area contributed by atoms with Gasteiger partial charge in [-0.15, -0.1) is 0 Å². The van der Waals surface area contributed by atoms with Gasteiger partial charge in [0.1, 0.15) is 17.5 Å². The number of ketones is 1. The molecule has 5 nitrogen and oxygen atoms in total. The normalized spacial score (nSPS) is 11.2. The number of nitrogens with one attached hydrogen (secondary N) is 2. The summed E-state index contributed by atoms with van der Waals surface area (Å²) in [5.74, 6) is 0.985. The van der Waals surface area contributed by atoms with Gasteiger partial charge < -0.3 is 10.6 Å². The molecule has 0 radical (unpaired) electrons. The van der Waals surface area contributed by atoms with Crippen LogP contribution in [0.3, 0.4) is 0 Å². The first-order valence-corrected chi connectivity index (χ1v) is 8.39. The number of carbonyl (C=O) groups excluding carboxylic acids is 1. The van der Waals surface area contributed by atoms with Gasteiger partial charge in [-0.2, -0.15) is 13.2 Å². The van der Waals surface area contributed by atoms with Gasteiger partial charge in [-0.3, -0.25) is 4.79 Å². The molecule has 144 valence electrons. The van der Waals surface area contributed by atoms with Gasteiger partial charge in [0, 0.05) is 17.3 Å². The Morgan fingerprint density at radius 2 is 1.54 bits per heavy atom. The number of anilines is 4. The van der Waals surface area contributed by atoms with Crippen molar-refractivity contribution in [2.75, 3.05) is 10.6 Å². The average molecular weight is 386 g/mol. The third kappa shape index (κ3) is 4.64. The molecule has 0 aliphatic carbocycles. The minimum absolute atomic E-state index is 0.0424. The second-order valence-corrected chi connectivity index (χ2v) is 6.11. The van der Waals surface area contributed by atoms with E-state index in [0.29, 0.717) is 22.9 Å². The standard InChI is InChI=1S/C20H17F3N4O/c1-12(28)14-7-9-15(10-8-14)26-18-11-19(25-13(2)24-18)27-17-6-4-3-5-16(17)20(21,22)23/h3-11H,1-2H3,(H2,24,25,26,27). The van der Waals surface area contributed by atoms with Gasteiger partial charge in [-0.25, -0.2) is 9.97 Å². The Labute approximate surface area is 159 Å². The molecule has 0 amide bonds. The van der Waals surface area contributed by atoms with Crippen LogP contribution in [0.4, 0.5) is 36.2 Å². The van der Waals surface area contributed by atoms with Gasteiger partial charge in [0.25, 0.3) is 0 Å². The molecule has 0 bridgehead atoms. The number of carbonyl (C=O) groups is 1. The first-order valence-electron chi connectivity index (χ1n) is 8.39. The number of aryl methyl sites for hydroxylation is 1. The zero-order valence-electron chi connectivity index (χ0n) is 15.1. The Bertz CT molecular complexity index is 1000. The van der Waals surface area contributed by atoms with Crippen LogP contribution in [-0.4, -0.2) is 15.8 Å². The second-order valence-electron chi connectivity index (χ2n) is 6.11. The topological polar surface area (TPSA) is 66.9 Å². The number of hydrogen-bond acceptors (Lipinski definition) is 5. The van der Waals surface area contributed by atoms with Crippen LogP contribution in [0.5, 0.6) is 0 Å². The van der Waals surface area contributed by atoms with E-state index in [9.17, 15) is 18.0 Å². The van der Waals surface area contributed by atoms with E-state index in [2.05, 4.69) is 20.6 Å². The summed E-state index contributed by atoms with van der Waals surface area (Å²) in [5, 5.41) is 5.77. The fraction of sp³-hybridized carbons (Fsp3) is 0.150. The predicted molar refractivity (Wildman–Crippen MR) is 101 cm³/mol. The van der Waals surface area contributed by atoms with Crippen LogP contribution in [0, 0.1) is 6.92 Å². The maximum atomic E-state index is 13.2. The zero-order chi connectivity index (χ0) is 20.3. The summed E-state index contributed by atoms with van der Waals surface area (Å²) in [6.45, 7) is 3.12. The highest BCUT2D eigenvalue weighted by molar-refractivity contribution is 5.94. The van der Waals surface area contributed by atoms with Crippen molar-refractivity contribution in [3.63, 3.8) is 0 Å². The van der Waals surface area contributed by atoms with Crippen LogP contribution in [0.1, 0.15) is 28.7 Å². The van der Waals surface area contributed by atoms with E-state index in [1.807, 2.05) is 0 Å². The summed E-state index contributed by atoms with van der Waals surface area (Å²) in [5.41, 5.74) is 0.394. The Morgan fingerprint density at radius 3 is 2.14 bits per heavy atom. The molecule has 0 aliphatic heterocycles. The van der Waals surface area contributed by atoms with Crippen molar-refractivity contribution in [1.82, 2.24) is 9.97 Å². The number of rotatable bonds is 5. The molecule has 0 saturated carbocycles. The minimum atomic E-state index is -4.48. The number of aromatic nitrogens is 2. The molecular formula is C20H17F3N4O. The van der Waals surface area contributed by atoms with Crippen LogP contribution in [0.2, 0.25) is 0 Å². The molecule has 8 heteroatoms. The molecule has 0 fully saturated rings. The maximum absolute atomic E-state index is 13.2. The lowest BCUT2D eigenvalue weighted by molar-refractivity contribution is -0.136. The Morgan fingerprint density at radius 1 is 0.929 bits per heavy atom. The van der Waals surface area contributed by atoms with E-state index < -0.39 is 11.7 Å². The quantitative estimate of drug-likeness (QED) is 0.567. The number of benzene rings is 2. The van der Waals surface area contributed by atoms with Crippen molar-refractivity contribution < 1.29 is 18.0 Å². The van der Waals surface area contributed by atoms with E-state index in [1.54, 1.807) is 31.2 Å². The SMILES string of the molecule is CC(=O)c1ccc(Nc2cc(Nc3ccccc3C(F)(F)F)nc(C)n2)cc1. The Kier molecular flexibility index (Phi) is 5.30. The highest BCUT2D eigenvalue weighted by Gasteiger charge is 2.33. The number of halogens is 3. The summed E-state index contributed by atoms with van der Waals surface area (Å²) >= 11 is 0. The summed E-state index contributed by atoms with van der Waals surface area (Å²) < 4.78 is 39.5. The molecule has 1 aromatic heterocycles. The van der Waals surface area contributed by atoms with E-state index in [4.69, 9.17) is 0 Å². The molecule has 0 atom stereocenters. The van der Waals surface area contributed by atoms with Crippen LogP contribution in [0.25, 0.3) is 0 Å². The smallest absolute Gasteiger partial charge is 0.340 e. The monoisotopic (exact) mass is 386 g/mol. The van der Waals surface area contributed by atoms with Gasteiger partial charge in [-0.1, -0.05) is 12.1 Å². The van der Waals surface area contributed by atoms with Crippen LogP contribution in [-0.2, 0) is 6.18 Å². The summed E-state index contributed by atoms with van der Waals surface area (Å²) in [6, 6.07) is 13.5. The van der Waals surface area contributed by atoms with Crippen molar-refractivity contribution >= 4 is 28.8 Å². The molecule has 2 aromatic carbocycles. The third-order valence-corrected chi connectivity index (χ3v) is 3.90. The fourth-order valence-corrected chi connectivity index (χ4v) is 2.61. The number of Topliss-reactive ketones (excluding diaryl/α,β-unsaturated/α-hetero) is 1. The van der Waals surface area contributed by atoms with Gasteiger partial charge in [0.2, 0.25) is 0 Å². The molecule has 1 heterocycles. The van der Waals surface area contributed by atoms with Gasteiger partial charge in [0.15, 0.2) is 5.78 Å². The third-order valence-electron chi connectivity index (χ3n) is 3.90. The van der Waals surface area contributed by atoms with Crippen molar-refractivity contribution in [3.8, 4) is 0 Å². The van der Waals surface area contributed by atoms with Gasteiger partial charge in [0.05, 0.1) is 11.3 Å². The van der Waals surface area contributed by atoms with E-state index in [1.165, 1.54) is 31.2 Å². The van der Waals surface area contributed by atoms with E-state index >= 15 is 0 Å². The molecular weight excluding hydrogens is 369 g/mol. The highest BCUT2D eigenvalue weighted by Crippen LogP contribution is 2.35. The van der Waals surface area contributed by atoms with Crippen molar-refractivity contribution in [1.29, 1.82) is 0 Å². The lowest BCUT2D eigenvalue weighted by Crippen LogP contribution is -2.09. The summed E-state index contributed by atoms with van der Waals surface area (Å²) in [7, 11) is 0. The van der Waals surface area contributed by atoms with Crippen LogP contribution >= 0.6 is 0 Å². The number of alkyl halides is 3. The first kappa shape index (κ1) is 19.3. The fourth-order valence-electron chi connectivity index (χ4n) is 2.61. The molecule has 2 N–H and O–H groups in total. The van der Waals surface area contributed by atoms with Crippen molar-refractivity contribution in [2.45, 2.75) is 20.0 Å². The van der Waals surface area contributed by atoms with E-state index in [-0.39, 0.29) is 17.3 Å². The number of hydrogen-bond donors (Lipinski definition) is 2. The molecule has 0 spiro atoms. The van der Waals surface area contributed by atoms with Crippen LogP contribution in [0.15, 0.2) is 54.6 Å². The van der Waals surface area contributed by atoms with Crippen molar-refractivity contribution in [2.24, 2.45) is 0 Å². The molecule has 0 unspecified atom stereocenters. The van der Waals surface area contributed by atoms with Crippen LogP contribution < -0.4 is 10.6 Å². The molecule has 3 aromatic rings. The van der Waals surface area contributed by atoms with Crippen molar-refractivity contribution in [3.05, 3.63) is 71.5 Å². The molecule has 0 aliphatic rings. The highest BCUT2D eigenvalue weighted by atomic mass is 19.4. The average Bonchev–Trinajstić information content (AvgIpc) is 2.61. The Hall–Kier alpha value is -3.42. The second kappa shape index (κ2) is 7.67. The Balaban J connectivity index is 1.85. The molecule has 3 rings (SSSR count). The lowest BCUT2D eigenvalue weighted by atomic mass is 10.1. The predicted octanol–water partition coefficient (Wildman–Crippen LogP) is 5.49. The molecule has 28 heavy (non-hydrogen) atoms. The summed E-state index contributed by atoms with van der Waals surface area (Å²) in [4.78, 5) is 19.8. The zero-order valence-corrected chi connectivity index (χ0v) is 15.1. The van der Waals surface area contributed by atoms with E-state index in [0.717, 1.165) is 6.07 Å². The maximum Gasteiger partial charge on any atom is 0.418 e. The lowest BCUT2D eigenvalue weighted by Gasteiger charge is -2.15.